The Bertz CT molecular complexity index is 838. The van der Waals surface area contributed by atoms with Gasteiger partial charge >= 0.3 is 6.09 Å². The second-order valence-corrected chi connectivity index (χ2v) is 10.2. The van der Waals surface area contributed by atoms with Gasteiger partial charge in [0.05, 0.1) is 39.2 Å². The Morgan fingerprint density at radius 3 is 2.55 bits per heavy atom. The van der Waals surface area contributed by atoms with Crippen LogP contribution in [0, 0.1) is 0 Å². The molecule has 174 valence electrons. The molecule has 8 nitrogen and oxygen atoms in total. The van der Waals surface area contributed by atoms with Crippen molar-refractivity contribution in [2.45, 2.75) is 62.6 Å². The number of nitrogens with zero attached hydrogens (tertiary/aromatic N) is 1. The van der Waals surface area contributed by atoms with Crippen molar-refractivity contribution in [1.29, 1.82) is 0 Å². The molecule has 1 aliphatic carbocycles. The molecule has 0 aromatic heterocycles. The summed E-state index contributed by atoms with van der Waals surface area (Å²) in [5.41, 5.74) is 1.29. The lowest BCUT2D eigenvalue weighted by Gasteiger charge is -2.41. The Morgan fingerprint density at radius 2 is 1.90 bits per heavy atom. The summed E-state index contributed by atoms with van der Waals surface area (Å²) in [4.78, 5) is 13.8. The average molecular weight is 455 g/mol. The van der Waals surface area contributed by atoms with E-state index in [1.54, 1.807) is 12.0 Å². The van der Waals surface area contributed by atoms with Crippen molar-refractivity contribution in [3.8, 4) is 5.75 Å². The number of ether oxygens (including phenoxy) is 3. The number of hydrogen-bond donors (Lipinski definition) is 1. The fourth-order valence-electron chi connectivity index (χ4n) is 4.71. The number of nitrogens with one attached hydrogen (secondary N) is 1. The lowest BCUT2D eigenvalue weighted by Crippen LogP contribution is -2.59. The van der Waals surface area contributed by atoms with E-state index in [4.69, 9.17) is 14.2 Å². The first-order chi connectivity index (χ1) is 14.8. The molecule has 1 aliphatic heterocycles. The molecular formula is C22H34N2O6S. The largest absolute Gasteiger partial charge is 0.497 e. The van der Waals surface area contributed by atoms with Crippen LogP contribution in [-0.2, 0) is 19.5 Å². The summed E-state index contributed by atoms with van der Waals surface area (Å²) in [5.74, 6) is 1.36. The molecule has 0 unspecified atom stereocenters. The molecule has 0 spiro atoms. The van der Waals surface area contributed by atoms with Crippen LogP contribution >= 0.6 is 0 Å². The minimum atomic E-state index is -3.39. The van der Waals surface area contributed by atoms with Crippen LogP contribution in [0.5, 0.6) is 5.75 Å². The molecule has 2 fully saturated rings. The molecule has 1 aromatic carbocycles. The minimum Gasteiger partial charge on any atom is -0.497 e. The predicted octanol–water partition coefficient (Wildman–Crippen LogP) is 2.89. The number of rotatable bonds is 7. The van der Waals surface area contributed by atoms with Gasteiger partial charge in [-0.05, 0) is 62.1 Å². The molecule has 3 rings (SSSR count). The second kappa shape index (κ2) is 10.7. The van der Waals surface area contributed by atoms with Crippen LogP contribution in [0.3, 0.4) is 0 Å². The minimum absolute atomic E-state index is 0.0992. The molecule has 1 saturated heterocycles. The van der Waals surface area contributed by atoms with E-state index in [9.17, 15) is 13.2 Å². The number of benzene rings is 1. The van der Waals surface area contributed by atoms with Gasteiger partial charge in [-0.2, -0.15) is 0 Å². The summed E-state index contributed by atoms with van der Waals surface area (Å²) < 4.78 is 42.8. The molecule has 1 N–H and O–H groups in total. The molecular weight excluding hydrogens is 420 g/mol. The fraction of sp³-hybridized carbons (Fsp3) is 0.682. The predicted molar refractivity (Wildman–Crippen MR) is 118 cm³/mol. The number of amides is 1. The van der Waals surface area contributed by atoms with Crippen molar-refractivity contribution in [2.75, 3.05) is 33.6 Å². The van der Waals surface area contributed by atoms with Crippen molar-refractivity contribution < 1.29 is 27.4 Å². The van der Waals surface area contributed by atoms with Gasteiger partial charge in [0.2, 0.25) is 10.0 Å². The molecule has 1 heterocycles. The van der Waals surface area contributed by atoms with Gasteiger partial charge in [-0.3, -0.25) is 0 Å². The van der Waals surface area contributed by atoms with E-state index < -0.39 is 16.1 Å². The number of sulfonamides is 1. The Balaban J connectivity index is 1.59. The number of hydrogen-bond acceptors (Lipinski definition) is 6. The van der Waals surface area contributed by atoms with Gasteiger partial charge < -0.3 is 19.1 Å². The van der Waals surface area contributed by atoms with Crippen molar-refractivity contribution in [2.24, 2.45) is 0 Å². The topological polar surface area (TPSA) is 94.2 Å². The van der Waals surface area contributed by atoms with Crippen LogP contribution in [0.15, 0.2) is 24.3 Å². The quantitative estimate of drug-likeness (QED) is 0.681. The summed E-state index contributed by atoms with van der Waals surface area (Å²) >= 11 is 0. The van der Waals surface area contributed by atoms with Crippen LogP contribution in [0.4, 0.5) is 4.79 Å². The molecule has 1 saturated carbocycles. The van der Waals surface area contributed by atoms with E-state index in [0.717, 1.165) is 37.7 Å². The highest BCUT2D eigenvalue weighted by Crippen LogP contribution is 2.35. The van der Waals surface area contributed by atoms with E-state index in [1.807, 2.05) is 12.1 Å². The highest BCUT2D eigenvalue weighted by atomic mass is 32.2. The monoisotopic (exact) mass is 454 g/mol. The van der Waals surface area contributed by atoms with Gasteiger partial charge in [0.15, 0.2) is 0 Å². The zero-order chi connectivity index (χ0) is 22.4. The second-order valence-electron chi connectivity index (χ2n) is 8.45. The van der Waals surface area contributed by atoms with Crippen molar-refractivity contribution in [3.05, 3.63) is 29.8 Å². The highest BCUT2D eigenvalue weighted by molar-refractivity contribution is 7.88. The maximum atomic E-state index is 12.3. The average Bonchev–Trinajstić information content (AvgIpc) is 2.77. The molecule has 2 atom stereocenters. The van der Waals surface area contributed by atoms with Gasteiger partial charge in [0, 0.05) is 12.6 Å². The third-order valence-corrected chi connectivity index (χ3v) is 7.03. The zero-order valence-electron chi connectivity index (χ0n) is 18.6. The Labute approximate surface area is 185 Å². The van der Waals surface area contributed by atoms with Crippen LogP contribution in [0.2, 0.25) is 0 Å². The van der Waals surface area contributed by atoms with E-state index in [2.05, 4.69) is 16.9 Å². The van der Waals surface area contributed by atoms with Crippen molar-refractivity contribution >= 4 is 16.1 Å². The smallest absolute Gasteiger partial charge is 0.409 e. The standard InChI is InChI=1S/C22H34N2O6S/c1-28-19-7-4-6-17(14-19)16-9-11-18(12-10-16)30-15-21-20(23-31(3,26)27)8-5-13-24(21)22(25)29-2/h4,6-7,14,16,18,20-21,23H,5,8-13,15H2,1-3H3/t16-,18+,20-,21-/m0/s1. The summed E-state index contributed by atoms with van der Waals surface area (Å²) in [6, 6.07) is 7.46. The zero-order valence-corrected chi connectivity index (χ0v) is 19.4. The molecule has 0 radical (unpaired) electrons. The lowest BCUT2D eigenvalue weighted by atomic mass is 9.82. The van der Waals surface area contributed by atoms with E-state index in [1.165, 1.54) is 12.7 Å². The van der Waals surface area contributed by atoms with Gasteiger partial charge in [0.1, 0.15) is 5.75 Å². The Hall–Kier alpha value is -1.84. The van der Waals surface area contributed by atoms with Crippen LogP contribution in [0.1, 0.15) is 50.0 Å². The highest BCUT2D eigenvalue weighted by Gasteiger charge is 2.37. The first-order valence-electron chi connectivity index (χ1n) is 10.9. The summed E-state index contributed by atoms with van der Waals surface area (Å²) in [6.45, 7) is 0.821. The third kappa shape index (κ3) is 6.57. The van der Waals surface area contributed by atoms with E-state index >= 15 is 0 Å². The normalized spacial score (nSPS) is 27.0. The molecule has 9 heteroatoms. The molecule has 1 aromatic rings. The summed E-state index contributed by atoms with van der Waals surface area (Å²) in [6.07, 6.45) is 6.07. The molecule has 1 amide bonds. The maximum Gasteiger partial charge on any atom is 0.409 e. The fourth-order valence-corrected chi connectivity index (χ4v) is 5.54. The van der Waals surface area contributed by atoms with Gasteiger partial charge in [-0.15, -0.1) is 0 Å². The number of carbonyl (C=O) groups excluding carboxylic acids is 1. The Morgan fingerprint density at radius 1 is 1.16 bits per heavy atom. The Kier molecular flexibility index (Phi) is 8.18. The van der Waals surface area contributed by atoms with Gasteiger partial charge in [0.25, 0.3) is 0 Å². The van der Waals surface area contributed by atoms with Gasteiger partial charge in [-0.1, -0.05) is 12.1 Å². The first kappa shape index (κ1) is 23.8. The van der Waals surface area contributed by atoms with Gasteiger partial charge in [-0.25, -0.2) is 17.9 Å². The van der Waals surface area contributed by atoms with Crippen LogP contribution in [-0.4, -0.2) is 71.2 Å². The SMILES string of the molecule is COC(=O)N1CCC[C@H](NS(C)(=O)=O)[C@@H]1CO[C@H]1CC[C@@H](c2cccc(OC)c2)CC1. The number of carbonyl (C=O) groups is 1. The number of methoxy groups -OCH3 is 2. The first-order valence-corrected chi connectivity index (χ1v) is 12.8. The van der Waals surface area contributed by atoms with Crippen molar-refractivity contribution in [1.82, 2.24) is 9.62 Å². The lowest BCUT2D eigenvalue weighted by molar-refractivity contribution is -0.0245. The molecule has 2 aliphatic rings. The van der Waals surface area contributed by atoms with Crippen LogP contribution < -0.4 is 9.46 Å². The maximum absolute atomic E-state index is 12.3. The molecule has 0 bridgehead atoms. The summed E-state index contributed by atoms with van der Waals surface area (Å²) in [5, 5.41) is 0. The van der Waals surface area contributed by atoms with Crippen molar-refractivity contribution in [3.63, 3.8) is 0 Å². The van der Waals surface area contributed by atoms with E-state index in [0.29, 0.717) is 25.3 Å². The summed E-state index contributed by atoms with van der Waals surface area (Å²) in [7, 11) is -0.374. The van der Waals surface area contributed by atoms with E-state index in [-0.39, 0.29) is 24.8 Å². The molecule has 31 heavy (non-hydrogen) atoms. The van der Waals surface area contributed by atoms with Crippen LogP contribution in [0.25, 0.3) is 0 Å². The number of piperidine rings is 1. The third-order valence-electron chi connectivity index (χ3n) is 6.30. The number of likely N-dealkylation sites (tertiary alicyclic amines) is 1.